The second kappa shape index (κ2) is 6.63. The summed E-state index contributed by atoms with van der Waals surface area (Å²) in [6.45, 7) is 2.16. The Labute approximate surface area is 96.9 Å². The quantitative estimate of drug-likeness (QED) is 0.516. The van der Waals surface area contributed by atoms with E-state index in [4.69, 9.17) is 4.84 Å². The van der Waals surface area contributed by atoms with Gasteiger partial charge in [0, 0.05) is 12.3 Å². The smallest absolute Gasteiger partial charge is 0.256 e. The maximum atomic E-state index is 11.8. The Bertz CT molecular complexity index is 253. The van der Waals surface area contributed by atoms with Crippen LogP contribution in [0.1, 0.15) is 51.9 Å². The predicted molar refractivity (Wildman–Crippen MR) is 60.3 cm³/mol. The van der Waals surface area contributed by atoms with Crippen molar-refractivity contribution >= 4 is 11.8 Å². The summed E-state index contributed by atoms with van der Waals surface area (Å²) < 4.78 is 0. The van der Waals surface area contributed by atoms with Gasteiger partial charge in [-0.05, 0) is 12.8 Å². The third kappa shape index (κ3) is 3.30. The molecule has 1 rings (SSSR count). The lowest BCUT2D eigenvalue weighted by Gasteiger charge is -2.28. The van der Waals surface area contributed by atoms with Crippen molar-refractivity contribution in [3.05, 3.63) is 0 Å². The summed E-state index contributed by atoms with van der Waals surface area (Å²) in [6, 6.07) is 0. The Hall–Kier alpha value is -0.900. The molecule has 0 bridgehead atoms. The zero-order chi connectivity index (χ0) is 12.0. The highest BCUT2D eigenvalue weighted by atomic mass is 16.7. The molecule has 0 aromatic rings. The number of rotatable bonds is 6. The number of nitrogens with zero attached hydrogens (tertiary/aromatic N) is 1. The lowest BCUT2D eigenvalue weighted by atomic mass is 9.92. The van der Waals surface area contributed by atoms with Gasteiger partial charge in [-0.2, -0.15) is 5.06 Å². The SMILES string of the molecule is CCCCCCC1CCC(=O)N(OC)C1=O. The second-order valence-electron chi connectivity index (χ2n) is 4.29. The molecular formula is C12H21NO3. The van der Waals surface area contributed by atoms with Crippen LogP contribution in [0.5, 0.6) is 0 Å². The minimum absolute atomic E-state index is 0.0190. The van der Waals surface area contributed by atoms with Crippen LogP contribution in [-0.4, -0.2) is 24.0 Å². The number of hydrogen-bond donors (Lipinski definition) is 0. The van der Waals surface area contributed by atoms with Gasteiger partial charge in [0.15, 0.2) is 0 Å². The van der Waals surface area contributed by atoms with E-state index in [1.54, 1.807) is 0 Å². The minimum Gasteiger partial charge on any atom is -0.272 e. The topological polar surface area (TPSA) is 46.6 Å². The lowest BCUT2D eigenvalue weighted by molar-refractivity contribution is -0.195. The van der Waals surface area contributed by atoms with Crippen LogP contribution < -0.4 is 0 Å². The van der Waals surface area contributed by atoms with E-state index in [1.807, 2.05) is 0 Å². The van der Waals surface area contributed by atoms with E-state index < -0.39 is 0 Å². The van der Waals surface area contributed by atoms with E-state index in [0.717, 1.165) is 17.9 Å². The molecule has 0 spiro atoms. The number of amides is 2. The highest BCUT2D eigenvalue weighted by Gasteiger charge is 2.34. The largest absolute Gasteiger partial charge is 0.272 e. The molecule has 1 saturated heterocycles. The molecule has 16 heavy (non-hydrogen) atoms. The summed E-state index contributed by atoms with van der Waals surface area (Å²) in [5.74, 6) is -0.387. The van der Waals surface area contributed by atoms with Gasteiger partial charge in [0.1, 0.15) is 0 Å². The molecule has 1 atom stereocenters. The molecule has 0 aromatic heterocycles. The molecule has 0 saturated carbocycles. The molecule has 1 fully saturated rings. The van der Waals surface area contributed by atoms with E-state index in [2.05, 4.69) is 6.92 Å². The minimum atomic E-state index is -0.211. The first-order chi connectivity index (χ1) is 7.70. The zero-order valence-electron chi connectivity index (χ0n) is 10.2. The Kier molecular flexibility index (Phi) is 5.46. The van der Waals surface area contributed by atoms with Crippen LogP contribution in [0.3, 0.4) is 0 Å². The molecule has 0 N–H and O–H groups in total. The summed E-state index contributed by atoms with van der Waals surface area (Å²) in [6.07, 6.45) is 6.64. The molecule has 4 heteroatoms. The van der Waals surface area contributed by atoms with Gasteiger partial charge >= 0.3 is 0 Å². The molecule has 0 aromatic carbocycles. The maximum absolute atomic E-state index is 11.8. The molecule has 92 valence electrons. The van der Waals surface area contributed by atoms with Crippen molar-refractivity contribution in [1.82, 2.24) is 5.06 Å². The monoisotopic (exact) mass is 227 g/mol. The standard InChI is InChI=1S/C12H21NO3/c1-3-4-5-6-7-10-8-9-11(14)13(16-2)12(10)15/h10H,3-9H2,1-2H3. The van der Waals surface area contributed by atoms with E-state index in [0.29, 0.717) is 12.8 Å². The van der Waals surface area contributed by atoms with Crippen molar-refractivity contribution in [2.45, 2.75) is 51.9 Å². The molecule has 0 radical (unpaired) electrons. The van der Waals surface area contributed by atoms with Crippen LogP contribution in [0.4, 0.5) is 0 Å². The van der Waals surface area contributed by atoms with Crippen molar-refractivity contribution in [3.63, 3.8) is 0 Å². The van der Waals surface area contributed by atoms with Gasteiger partial charge in [-0.1, -0.05) is 32.6 Å². The normalized spacial score (nSPS) is 21.6. The molecule has 1 heterocycles. The van der Waals surface area contributed by atoms with E-state index in [9.17, 15) is 9.59 Å². The number of piperidine rings is 1. The summed E-state index contributed by atoms with van der Waals surface area (Å²) in [4.78, 5) is 28.0. The summed E-state index contributed by atoms with van der Waals surface area (Å²) in [5, 5.41) is 0.925. The first-order valence-electron chi connectivity index (χ1n) is 6.11. The Morgan fingerprint density at radius 3 is 2.69 bits per heavy atom. The van der Waals surface area contributed by atoms with Gasteiger partial charge in [0.25, 0.3) is 11.8 Å². The lowest BCUT2D eigenvalue weighted by Crippen LogP contribution is -2.44. The number of hydroxylamine groups is 2. The van der Waals surface area contributed by atoms with E-state index in [-0.39, 0.29) is 17.7 Å². The summed E-state index contributed by atoms with van der Waals surface area (Å²) in [7, 11) is 1.37. The van der Waals surface area contributed by atoms with E-state index >= 15 is 0 Å². The number of carbonyl (C=O) groups excluding carboxylic acids is 2. The Balaban J connectivity index is 2.37. The van der Waals surface area contributed by atoms with Crippen molar-refractivity contribution in [2.75, 3.05) is 7.11 Å². The average Bonchev–Trinajstić information content (AvgIpc) is 2.28. The number of carbonyl (C=O) groups is 2. The fourth-order valence-electron chi connectivity index (χ4n) is 2.09. The third-order valence-electron chi connectivity index (χ3n) is 3.07. The summed E-state index contributed by atoms with van der Waals surface area (Å²) >= 11 is 0. The van der Waals surface area contributed by atoms with Gasteiger partial charge in [0.05, 0.1) is 7.11 Å². The first-order valence-corrected chi connectivity index (χ1v) is 6.11. The molecular weight excluding hydrogens is 206 g/mol. The number of imide groups is 1. The molecule has 1 unspecified atom stereocenters. The van der Waals surface area contributed by atoms with Gasteiger partial charge < -0.3 is 0 Å². The Morgan fingerprint density at radius 1 is 1.31 bits per heavy atom. The average molecular weight is 227 g/mol. The molecule has 1 aliphatic heterocycles. The van der Waals surface area contributed by atoms with Crippen LogP contribution in [-0.2, 0) is 14.4 Å². The van der Waals surface area contributed by atoms with Gasteiger partial charge in [-0.3, -0.25) is 14.4 Å². The second-order valence-corrected chi connectivity index (χ2v) is 4.29. The van der Waals surface area contributed by atoms with Crippen molar-refractivity contribution in [2.24, 2.45) is 5.92 Å². The number of hydrogen-bond acceptors (Lipinski definition) is 3. The van der Waals surface area contributed by atoms with Gasteiger partial charge in [0.2, 0.25) is 0 Å². The fourth-order valence-corrected chi connectivity index (χ4v) is 2.09. The van der Waals surface area contributed by atoms with Gasteiger partial charge in [-0.15, -0.1) is 0 Å². The van der Waals surface area contributed by atoms with Crippen molar-refractivity contribution in [3.8, 4) is 0 Å². The number of unbranched alkanes of at least 4 members (excludes halogenated alkanes) is 3. The van der Waals surface area contributed by atoms with Crippen molar-refractivity contribution in [1.29, 1.82) is 0 Å². The van der Waals surface area contributed by atoms with Crippen molar-refractivity contribution < 1.29 is 14.4 Å². The van der Waals surface area contributed by atoms with Crippen LogP contribution >= 0.6 is 0 Å². The highest BCUT2D eigenvalue weighted by molar-refractivity contribution is 5.97. The predicted octanol–water partition coefficient (Wildman–Crippen LogP) is 2.28. The third-order valence-corrected chi connectivity index (χ3v) is 3.07. The van der Waals surface area contributed by atoms with Gasteiger partial charge in [-0.25, -0.2) is 0 Å². The highest BCUT2D eigenvalue weighted by Crippen LogP contribution is 2.24. The van der Waals surface area contributed by atoms with Crippen LogP contribution in [0.2, 0.25) is 0 Å². The maximum Gasteiger partial charge on any atom is 0.256 e. The summed E-state index contributed by atoms with van der Waals surface area (Å²) in [5.41, 5.74) is 0. The first kappa shape index (κ1) is 13.2. The van der Waals surface area contributed by atoms with Crippen LogP contribution in [0.15, 0.2) is 0 Å². The zero-order valence-corrected chi connectivity index (χ0v) is 10.2. The molecule has 0 aliphatic carbocycles. The molecule has 4 nitrogen and oxygen atoms in total. The van der Waals surface area contributed by atoms with Crippen LogP contribution in [0.25, 0.3) is 0 Å². The Morgan fingerprint density at radius 2 is 2.06 bits per heavy atom. The van der Waals surface area contributed by atoms with E-state index in [1.165, 1.54) is 26.4 Å². The molecule has 2 amide bonds. The van der Waals surface area contributed by atoms with Crippen LogP contribution in [0, 0.1) is 5.92 Å². The molecule has 1 aliphatic rings. The fraction of sp³-hybridized carbons (Fsp3) is 0.833.